The molecule has 1 atom stereocenters. The van der Waals surface area contributed by atoms with Gasteiger partial charge in [0, 0.05) is 12.6 Å². The Morgan fingerprint density at radius 2 is 1.54 bits per heavy atom. The average molecular weight is 582 g/mol. The third-order valence-corrected chi connectivity index (χ3v) is 8.35. The monoisotopic (exact) mass is 581 g/mol. The molecule has 3 aromatic carbocycles. The van der Waals surface area contributed by atoms with E-state index in [1.54, 1.807) is 62.6 Å². The van der Waals surface area contributed by atoms with Crippen molar-refractivity contribution in [3.63, 3.8) is 0 Å². The maximum atomic E-state index is 14.1. The number of rotatable bonds is 12. The summed E-state index contributed by atoms with van der Waals surface area (Å²) in [5.41, 5.74) is 2.63. The summed E-state index contributed by atoms with van der Waals surface area (Å²) in [5, 5.41) is 2.85. The number of carbonyl (C=O) groups excluding carboxylic acids is 2. The molecular weight excluding hydrogens is 542 g/mol. The maximum Gasteiger partial charge on any atom is 0.264 e. The highest BCUT2D eigenvalue weighted by Gasteiger charge is 2.34. The summed E-state index contributed by atoms with van der Waals surface area (Å²) in [5.74, 6) is -0.0120. The van der Waals surface area contributed by atoms with Crippen LogP contribution >= 0.6 is 0 Å². The summed E-state index contributed by atoms with van der Waals surface area (Å²) in [6.45, 7) is 8.49. The van der Waals surface area contributed by atoms with E-state index in [9.17, 15) is 18.0 Å². The number of methoxy groups -OCH3 is 2. The van der Waals surface area contributed by atoms with Gasteiger partial charge < -0.3 is 19.7 Å². The van der Waals surface area contributed by atoms with Crippen molar-refractivity contribution in [2.75, 3.05) is 25.1 Å². The number of hydrogen-bond donors (Lipinski definition) is 1. The van der Waals surface area contributed by atoms with E-state index in [1.165, 1.54) is 24.1 Å². The normalized spacial score (nSPS) is 12.0. The molecule has 10 heteroatoms. The van der Waals surface area contributed by atoms with Crippen molar-refractivity contribution in [2.45, 2.75) is 58.1 Å². The molecule has 0 saturated carbocycles. The zero-order valence-corrected chi connectivity index (χ0v) is 25.5. The summed E-state index contributed by atoms with van der Waals surface area (Å²) in [6.07, 6.45) is 0. The summed E-state index contributed by atoms with van der Waals surface area (Å²) in [4.78, 5) is 28.6. The van der Waals surface area contributed by atoms with Gasteiger partial charge in [0.1, 0.15) is 24.1 Å². The van der Waals surface area contributed by atoms with Crippen molar-refractivity contribution in [3.05, 3.63) is 83.4 Å². The van der Waals surface area contributed by atoms with Crippen molar-refractivity contribution in [2.24, 2.45) is 0 Å². The number of nitrogens with zero attached hydrogens (tertiary/aromatic N) is 2. The molecule has 0 bridgehead atoms. The molecule has 1 N–H and O–H groups in total. The van der Waals surface area contributed by atoms with Crippen LogP contribution in [0.3, 0.4) is 0 Å². The molecule has 3 rings (SSSR count). The molecule has 0 heterocycles. The van der Waals surface area contributed by atoms with Gasteiger partial charge in [0.15, 0.2) is 0 Å². The Morgan fingerprint density at radius 3 is 2.15 bits per heavy atom. The fraction of sp³-hybridized carbons (Fsp3) is 0.355. The van der Waals surface area contributed by atoms with Crippen LogP contribution in [0.15, 0.2) is 71.6 Å². The number of carbonyl (C=O) groups is 2. The molecule has 2 amide bonds. The Balaban J connectivity index is 2.11. The molecule has 41 heavy (non-hydrogen) atoms. The highest BCUT2D eigenvalue weighted by atomic mass is 32.2. The lowest BCUT2D eigenvalue weighted by atomic mass is 10.1. The van der Waals surface area contributed by atoms with E-state index in [0.29, 0.717) is 11.5 Å². The fourth-order valence-electron chi connectivity index (χ4n) is 4.30. The van der Waals surface area contributed by atoms with Crippen LogP contribution in [-0.2, 0) is 26.2 Å². The number of amides is 2. The Bertz CT molecular complexity index is 1470. The van der Waals surface area contributed by atoms with Crippen LogP contribution in [0.5, 0.6) is 11.5 Å². The quantitative estimate of drug-likeness (QED) is 0.339. The van der Waals surface area contributed by atoms with Crippen molar-refractivity contribution in [3.8, 4) is 11.5 Å². The smallest absolute Gasteiger partial charge is 0.264 e. The second kappa shape index (κ2) is 13.5. The molecule has 0 fully saturated rings. The molecule has 0 radical (unpaired) electrons. The first-order chi connectivity index (χ1) is 19.4. The number of nitrogens with one attached hydrogen (secondary N) is 1. The molecule has 0 saturated heterocycles. The van der Waals surface area contributed by atoms with Gasteiger partial charge >= 0.3 is 0 Å². The van der Waals surface area contributed by atoms with E-state index in [1.807, 2.05) is 33.8 Å². The van der Waals surface area contributed by atoms with E-state index < -0.39 is 28.5 Å². The molecular formula is C31H39N3O6S. The number of anilines is 1. The Morgan fingerprint density at radius 1 is 0.878 bits per heavy atom. The van der Waals surface area contributed by atoms with E-state index in [-0.39, 0.29) is 29.1 Å². The predicted molar refractivity (Wildman–Crippen MR) is 160 cm³/mol. The summed E-state index contributed by atoms with van der Waals surface area (Å²) in [6, 6.07) is 17.7. The molecule has 0 aliphatic heterocycles. The highest BCUT2D eigenvalue weighted by Crippen LogP contribution is 2.34. The van der Waals surface area contributed by atoms with Gasteiger partial charge in [0.2, 0.25) is 11.8 Å². The van der Waals surface area contributed by atoms with Crippen LogP contribution in [-0.4, -0.2) is 58.0 Å². The number of benzene rings is 3. The fourth-order valence-corrected chi connectivity index (χ4v) is 5.72. The summed E-state index contributed by atoms with van der Waals surface area (Å²) < 4.78 is 40.1. The third-order valence-electron chi connectivity index (χ3n) is 6.58. The molecule has 0 spiro atoms. The van der Waals surface area contributed by atoms with Crippen molar-refractivity contribution < 1.29 is 27.5 Å². The van der Waals surface area contributed by atoms with Crippen molar-refractivity contribution in [1.82, 2.24) is 10.2 Å². The van der Waals surface area contributed by atoms with E-state index in [2.05, 4.69) is 5.32 Å². The first kappa shape index (κ1) is 31.5. The lowest BCUT2D eigenvalue weighted by molar-refractivity contribution is -0.139. The average Bonchev–Trinajstić information content (AvgIpc) is 2.94. The molecule has 0 aliphatic rings. The number of aryl methyl sites for hydroxylation is 2. The zero-order chi connectivity index (χ0) is 30.3. The Kier molecular flexibility index (Phi) is 10.4. The molecule has 0 aliphatic carbocycles. The van der Waals surface area contributed by atoms with Crippen LogP contribution in [0.1, 0.15) is 37.5 Å². The molecule has 220 valence electrons. The SMILES string of the molecule is COc1cccc(CN(C(=O)CN(c2cc(C)ccc2OC)S(=O)(=O)c2ccc(C)cc2)C(C)C(=O)NC(C)C)c1. The van der Waals surface area contributed by atoms with Crippen LogP contribution in [0.4, 0.5) is 5.69 Å². The minimum absolute atomic E-state index is 0.0319. The Labute approximate surface area is 243 Å². The number of ether oxygens (including phenoxy) is 2. The van der Waals surface area contributed by atoms with E-state index >= 15 is 0 Å². The first-order valence-electron chi connectivity index (χ1n) is 13.3. The standard InChI is InChI=1S/C31H39N3O6S/c1-21(2)32-31(36)24(5)33(19-25-9-8-10-26(18-25)39-6)30(35)20-34(28-17-23(4)13-16-29(28)40-7)41(37,38)27-14-11-22(3)12-15-27/h8-18,21,24H,19-20H2,1-7H3,(H,32,36). The topological polar surface area (TPSA) is 105 Å². The van der Waals surface area contributed by atoms with Gasteiger partial charge in [0.25, 0.3) is 10.0 Å². The van der Waals surface area contributed by atoms with Gasteiger partial charge in [-0.15, -0.1) is 0 Å². The van der Waals surface area contributed by atoms with Gasteiger partial charge in [-0.05, 0) is 82.1 Å². The van der Waals surface area contributed by atoms with Crippen molar-refractivity contribution >= 4 is 27.5 Å². The lowest BCUT2D eigenvalue weighted by Gasteiger charge is -2.32. The third kappa shape index (κ3) is 7.79. The zero-order valence-electron chi connectivity index (χ0n) is 24.7. The molecule has 9 nitrogen and oxygen atoms in total. The lowest BCUT2D eigenvalue weighted by Crippen LogP contribution is -2.52. The van der Waals surface area contributed by atoms with E-state index in [0.717, 1.165) is 21.0 Å². The van der Waals surface area contributed by atoms with Crippen LogP contribution < -0.4 is 19.1 Å². The van der Waals surface area contributed by atoms with Gasteiger partial charge in [-0.3, -0.25) is 13.9 Å². The van der Waals surface area contributed by atoms with Gasteiger partial charge in [-0.25, -0.2) is 8.42 Å². The second-order valence-electron chi connectivity index (χ2n) is 10.2. The summed E-state index contributed by atoms with van der Waals surface area (Å²) in [7, 11) is -1.22. The molecule has 1 unspecified atom stereocenters. The number of sulfonamides is 1. The van der Waals surface area contributed by atoms with Gasteiger partial charge in [0.05, 0.1) is 24.8 Å². The maximum absolute atomic E-state index is 14.1. The van der Waals surface area contributed by atoms with Gasteiger partial charge in [-0.1, -0.05) is 35.9 Å². The largest absolute Gasteiger partial charge is 0.497 e. The molecule has 0 aromatic heterocycles. The molecule has 3 aromatic rings. The minimum Gasteiger partial charge on any atom is -0.497 e. The highest BCUT2D eigenvalue weighted by molar-refractivity contribution is 7.92. The van der Waals surface area contributed by atoms with Crippen molar-refractivity contribution in [1.29, 1.82) is 0 Å². The van der Waals surface area contributed by atoms with Gasteiger partial charge in [-0.2, -0.15) is 0 Å². The Hall–Kier alpha value is -4.05. The summed E-state index contributed by atoms with van der Waals surface area (Å²) >= 11 is 0. The first-order valence-corrected chi connectivity index (χ1v) is 14.8. The van der Waals surface area contributed by atoms with E-state index in [4.69, 9.17) is 9.47 Å². The number of hydrogen-bond acceptors (Lipinski definition) is 6. The minimum atomic E-state index is -4.21. The van der Waals surface area contributed by atoms with Crippen LogP contribution in [0, 0.1) is 13.8 Å². The predicted octanol–water partition coefficient (Wildman–Crippen LogP) is 4.46. The van der Waals surface area contributed by atoms with Crippen LogP contribution in [0.25, 0.3) is 0 Å². The van der Waals surface area contributed by atoms with Crippen LogP contribution in [0.2, 0.25) is 0 Å². The second-order valence-corrected chi connectivity index (χ2v) is 12.1.